The quantitative estimate of drug-likeness (QED) is 0.461. The molecule has 0 fully saturated rings. The standard InChI is InChI=1S/C9H14.C3H7N/c1-5-8(4)9(6-2)7-3;1-3-4-2/h5-7H,2H2,1,3-4H3;2-3H2,1H3/b8-5+,9-7+;. The lowest BCUT2D eigenvalue weighted by molar-refractivity contribution is 1.15. The first-order valence-corrected chi connectivity index (χ1v) is 4.52. The number of hydrogen-bond acceptors (Lipinski definition) is 1. The molecule has 0 saturated heterocycles. The maximum Gasteiger partial charge on any atom is 0.0353 e. The van der Waals surface area contributed by atoms with Crippen LogP contribution in [0.3, 0.4) is 0 Å². The second-order valence-electron chi connectivity index (χ2n) is 2.46. The van der Waals surface area contributed by atoms with Crippen LogP contribution in [0.1, 0.15) is 27.7 Å². The minimum absolute atomic E-state index is 0.833. The van der Waals surface area contributed by atoms with Crippen molar-refractivity contribution in [1.29, 1.82) is 0 Å². The van der Waals surface area contributed by atoms with E-state index in [0.29, 0.717) is 0 Å². The summed E-state index contributed by atoms with van der Waals surface area (Å²) in [6, 6.07) is 0. The summed E-state index contributed by atoms with van der Waals surface area (Å²) in [5.41, 5.74) is 2.50. The highest BCUT2D eigenvalue weighted by Crippen LogP contribution is 2.08. The van der Waals surface area contributed by atoms with Crippen LogP contribution in [0.15, 0.2) is 40.9 Å². The third-order valence-corrected chi connectivity index (χ3v) is 1.64. The van der Waals surface area contributed by atoms with Gasteiger partial charge in [-0.1, -0.05) is 24.8 Å². The van der Waals surface area contributed by atoms with Gasteiger partial charge in [-0.2, -0.15) is 0 Å². The largest absolute Gasteiger partial charge is 0.301 e. The Morgan fingerprint density at radius 1 is 1.31 bits per heavy atom. The summed E-state index contributed by atoms with van der Waals surface area (Å²) in [5.74, 6) is 0. The minimum Gasteiger partial charge on any atom is -0.301 e. The van der Waals surface area contributed by atoms with E-state index in [1.165, 1.54) is 11.1 Å². The fourth-order valence-electron chi connectivity index (χ4n) is 0.673. The van der Waals surface area contributed by atoms with Gasteiger partial charge in [0.15, 0.2) is 0 Å². The molecule has 0 atom stereocenters. The first-order valence-electron chi connectivity index (χ1n) is 4.52. The van der Waals surface area contributed by atoms with Crippen molar-refractivity contribution >= 4 is 6.72 Å². The number of allylic oxidation sites excluding steroid dienone is 5. The molecule has 0 bridgehead atoms. The third kappa shape index (κ3) is 8.80. The van der Waals surface area contributed by atoms with E-state index >= 15 is 0 Å². The van der Waals surface area contributed by atoms with E-state index in [0.717, 1.165) is 6.54 Å². The topological polar surface area (TPSA) is 12.4 Å². The van der Waals surface area contributed by atoms with Gasteiger partial charge in [-0.15, -0.1) is 0 Å². The van der Waals surface area contributed by atoms with Crippen molar-refractivity contribution in [2.45, 2.75) is 27.7 Å². The van der Waals surface area contributed by atoms with Crippen LogP contribution in [0.2, 0.25) is 0 Å². The summed E-state index contributed by atoms with van der Waals surface area (Å²) in [6.45, 7) is 15.8. The van der Waals surface area contributed by atoms with E-state index in [2.05, 4.69) is 37.4 Å². The summed E-state index contributed by atoms with van der Waals surface area (Å²) < 4.78 is 0. The van der Waals surface area contributed by atoms with Gasteiger partial charge >= 0.3 is 0 Å². The lowest BCUT2D eigenvalue weighted by Crippen LogP contribution is -1.77. The Balaban J connectivity index is 0. The molecule has 0 unspecified atom stereocenters. The Kier molecular flexibility index (Phi) is 12.1. The molecular formula is C12H21N. The molecule has 0 saturated carbocycles. The first-order chi connectivity index (χ1) is 6.17. The van der Waals surface area contributed by atoms with Crippen LogP contribution in [0.5, 0.6) is 0 Å². The van der Waals surface area contributed by atoms with Gasteiger partial charge < -0.3 is 4.99 Å². The lowest BCUT2D eigenvalue weighted by atomic mass is 10.1. The van der Waals surface area contributed by atoms with E-state index in [-0.39, 0.29) is 0 Å². The van der Waals surface area contributed by atoms with Gasteiger partial charge in [0, 0.05) is 6.54 Å². The van der Waals surface area contributed by atoms with Gasteiger partial charge in [0.25, 0.3) is 0 Å². The maximum atomic E-state index is 3.69. The van der Waals surface area contributed by atoms with Crippen molar-refractivity contribution in [3.63, 3.8) is 0 Å². The van der Waals surface area contributed by atoms with E-state index < -0.39 is 0 Å². The van der Waals surface area contributed by atoms with Crippen LogP contribution in [0, 0.1) is 0 Å². The summed E-state index contributed by atoms with van der Waals surface area (Å²) in [4.78, 5) is 3.49. The van der Waals surface area contributed by atoms with E-state index in [1.807, 2.05) is 26.8 Å². The van der Waals surface area contributed by atoms with Crippen LogP contribution < -0.4 is 0 Å². The van der Waals surface area contributed by atoms with Crippen molar-refractivity contribution < 1.29 is 0 Å². The number of aliphatic imine (C=N–C) groups is 1. The van der Waals surface area contributed by atoms with Gasteiger partial charge in [-0.25, -0.2) is 0 Å². The van der Waals surface area contributed by atoms with Crippen LogP contribution in [0.25, 0.3) is 0 Å². The van der Waals surface area contributed by atoms with Crippen LogP contribution in [-0.4, -0.2) is 13.3 Å². The number of hydrogen-bond donors (Lipinski definition) is 0. The zero-order valence-electron chi connectivity index (χ0n) is 9.30. The highest BCUT2D eigenvalue weighted by Gasteiger charge is 1.88. The van der Waals surface area contributed by atoms with Crippen LogP contribution in [-0.2, 0) is 0 Å². The predicted molar refractivity (Wildman–Crippen MR) is 63.5 cm³/mol. The fraction of sp³-hybridized carbons (Fsp3) is 0.417. The SMILES string of the molecule is C=CC(=C\C)/C(C)=C/C.C=NCC. The van der Waals surface area contributed by atoms with Gasteiger partial charge in [0.1, 0.15) is 0 Å². The lowest BCUT2D eigenvalue weighted by Gasteiger charge is -1.97. The van der Waals surface area contributed by atoms with E-state index in [9.17, 15) is 0 Å². The Hall–Kier alpha value is -1.11. The van der Waals surface area contributed by atoms with Gasteiger partial charge in [-0.3, -0.25) is 0 Å². The molecule has 13 heavy (non-hydrogen) atoms. The molecule has 0 heterocycles. The molecule has 0 aromatic rings. The minimum atomic E-state index is 0.833. The molecule has 0 amide bonds. The van der Waals surface area contributed by atoms with Crippen molar-refractivity contribution in [2.75, 3.05) is 6.54 Å². The van der Waals surface area contributed by atoms with Crippen molar-refractivity contribution in [1.82, 2.24) is 0 Å². The van der Waals surface area contributed by atoms with Crippen molar-refractivity contribution in [3.8, 4) is 0 Å². The summed E-state index contributed by atoms with van der Waals surface area (Å²) >= 11 is 0. The highest BCUT2D eigenvalue weighted by atomic mass is 14.6. The van der Waals surface area contributed by atoms with Gasteiger partial charge in [0.05, 0.1) is 0 Å². The average Bonchev–Trinajstić information content (AvgIpc) is 2.19. The molecule has 0 aliphatic carbocycles. The summed E-state index contributed by atoms with van der Waals surface area (Å²) in [7, 11) is 0. The smallest absolute Gasteiger partial charge is 0.0353 e. The van der Waals surface area contributed by atoms with Crippen molar-refractivity contribution in [3.05, 3.63) is 36.0 Å². The maximum absolute atomic E-state index is 3.69. The molecule has 0 aromatic heterocycles. The number of rotatable bonds is 3. The molecular weight excluding hydrogens is 158 g/mol. The Bertz CT molecular complexity index is 197. The predicted octanol–water partition coefficient (Wildman–Crippen LogP) is 3.79. The summed E-state index contributed by atoms with van der Waals surface area (Å²) in [5, 5.41) is 0. The summed E-state index contributed by atoms with van der Waals surface area (Å²) in [6.07, 6.45) is 6.01. The van der Waals surface area contributed by atoms with Crippen LogP contribution in [0.4, 0.5) is 0 Å². The molecule has 0 aromatic carbocycles. The second kappa shape index (κ2) is 10.9. The highest BCUT2D eigenvalue weighted by molar-refractivity contribution is 5.36. The Morgan fingerprint density at radius 2 is 1.77 bits per heavy atom. The molecule has 0 aliphatic heterocycles. The number of nitrogens with zero attached hydrogens (tertiary/aromatic N) is 1. The van der Waals surface area contributed by atoms with Crippen molar-refractivity contribution in [2.24, 2.45) is 4.99 Å². The second-order valence-corrected chi connectivity index (χ2v) is 2.46. The average molecular weight is 179 g/mol. The first kappa shape index (κ1) is 14.4. The normalized spacial score (nSPS) is 11.4. The molecule has 0 rings (SSSR count). The molecule has 1 nitrogen and oxygen atoms in total. The zero-order valence-corrected chi connectivity index (χ0v) is 9.30. The van der Waals surface area contributed by atoms with E-state index in [4.69, 9.17) is 0 Å². The zero-order chi connectivity index (χ0) is 10.7. The fourth-order valence-corrected chi connectivity index (χ4v) is 0.673. The molecule has 0 aliphatic rings. The molecule has 74 valence electrons. The molecule has 0 N–H and O–H groups in total. The van der Waals surface area contributed by atoms with Gasteiger partial charge in [-0.05, 0) is 45.6 Å². The molecule has 1 heteroatoms. The molecule has 0 spiro atoms. The van der Waals surface area contributed by atoms with Crippen LogP contribution >= 0.6 is 0 Å². The Labute approximate surface area is 82.6 Å². The Morgan fingerprint density at radius 3 is 1.85 bits per heavy atom. The molecule has 0 radical (unpaired) electrons. The van der Waals surface area contributed by atoms with E-state index in [1.54, 1.807) is 0 Å². The third-order valence-electron chi connectivity index (χ3n) is 1.64. The van der Waals surface area contributed by atoms with Gasteiger partial charge in [0.2, 0.25) is 0 Å². The monoisotopic (exact) mass is 179 g/mol.